The van der Waals surface area contributed by atoms with Crippen molar-refractivity contribution in [1.29, 1.82) is 0 Å². The van der Waals surface area contributed by atoms with E-state index in [0.717, 1.165) is 34.4 Å². The summed E-state index contributed by atoms with van der Waals surface area (Å²) in [6, 6.07) is 4.22. The molecular formula is C15H22Br2N2O. The third-order valence-electron chi connectivity index (χ3n) is 3.54. The molecule has 1 aliphatic rings. The lowest BCUT2D eigenvalue weighted by Crippen LogP contribution is -2.33. The smallest absolute Gasteiger partial charge is 0.147 e. The molecule has 1 aromatic carbocycles. The van der Waals surface area contributed by atoms with Gasteiger partial charge in [-0.25, -0.2) is 0 Å². The molecular weight excluding hydrogens is 384 g/mol. The molecule has 112 valence electrons. The largest absolute Gasteiger partial charge is 0.490 e. The molecule has 0 atom stereocenters. The Hall–Kier alpha value is -0.100. The maximum absolute atomic E-state index is 5.95. The van der Waals surface area contributed by atoms with E-state index in [9.17, 15) is 0 Å². The number of benzene rings is 1. The number of nitrogens with one attached hydrogen (secondary N) is 1. The summed E-state index contributed by atoms with van der Waals surface area (Å²) >= 11 is 7.20. The van der Waals surface area contributed by atoms with Gasteiger partial charge in [-0.2, -0.15) is 0 Å². The fourth-order valence-electron chi connectivity index (χ4n) is 2.52. The Morgan fingerprint density at radius 2 is 1.80 bits per heavy atom. The second-order valence-corrected chi connectivity index (χ2v) is 6.88. The molecule has 1 aromatic rings. The second kappa shape index (κ2) is 8.37. The molecule has 1 fully saturated rings. The number of hydrogen-bond donors (Lipinski definition) is 1. The van der Waals surface area contributed by atoms with Crippen molar-refractivity contribution in [3.05, 3.63) is 26.6 Å². The van der Waals surface area contributed by atoms with Crippen molar-refractivity contribution in [2.45, 2.75) is 25.8 Å². The van der Waals surface area contributed by atoms with Crippen molar-refractivity contribution in [1.82, 2.24) is 10.2 Å². The number of piperidine rings is 1. The topological polar surface area (TPSA) is 24.5 Å². The lowest BCUT2D eigenvalue weighted by Gasteiger charge is -2.26. The van der Waals surface area contributed by atoms with Crippen LogP contribution in [0.25, 0.3) is 0 Å². The van der Waals surface area contributed by atoms with Gasteiger partial charge >= 0.3 is 0 Å². The Kier molecular flexibility index (Phi) is 6.81. The molecule has 0 amide bonds. The molecule has 0 aliphatic carbocycles. The van der Waals surface area contributed by atoms with Crippen LogP contribution in [0.4, 0.5) is 0 Å². The van der Waals surface area contributed by atoms with Crippen LogP contribution < -0.4 is 10.1 Å². The van der Waals surface area contributed by atoms with Crippen LogP contribution in [0.5, 0.6) is 5.75 Å². The Balaban J connectivity index is 1.88. The Morgan fingerprint density at radius 1 is 1.15 bits per heavy atom. The predicted molar refractivity (Wildman–Crippen MR) is 90.4 cm³/mol. The molecule has 5 heteroatoms. The van der Waals surface area contributed by atoms with Crippen molar-refractivity contribution < 1.29 is 4.74 Å². The first-order valence-corrected chi connectivity index (χ1v) is 8.77. The number of likely N-dealkylation sites (tertiary alicyclic amines) is 1. The van der Waals surface area contributed by atoms with Crippen LogP contribution in [-0.4, -0.2) is 38.2 Å². The van der Waals surface area contributed by atoms with Crippen LogP contribution in [0.1, 0.15) is 24.8 Å². The number of rotatable bonds is 6. The van der Waals surface area contributed by atoms with Crippen LogP contribution in [0.15, 0.2) is 21.1 Å². The average molecular weight is 406 g/mol. The maximum Gasteiger partial charge on any atom is 0.147 e. The zero-order chi connectivity index (χ0) is 14.4. The molecule has 0 aromatic heterocycles. The van der Waals surface area contributed by atoms with E-state index >= 15 is 0 Å². The Labute approximate surface area is 138 Å². The Bertz CT molecular complexity index is 411. The van der Waals surface area contributed by atoms with Crippen molar-refractivity contribution in [3.63, 3.8) is 0 Å². The molecule has 2 rings (SSSR count). The highest BCUT2D eigenvalue weighted by molar-refractivity contribution is 9.11. The summed E-state index contributed by atoms with van der Waals surface area (Å²) in [7, 11) is 1.95. The van der Waals surface area contributed by atoms with Gasteiger partial charge in [0.05, 0.1) is 8.95 Å². The van der Waals surface area contributed by atoms with Gasteiger partial charge in [0.25, 0.3) is 0 Å². The van der Waals surface area contributed by atoms with Crippen LogP contribution >= 0.6 is 31.9 Å². The minimum Gasteiger partial charge on any atom is -0.490 e. The van der Waals surface area contributed by atoms with E-state index in [2.05, 4.69) is 54.2 Å². The van der Waals surface area contributed by atoms with Gasteiger partial charge in [0, 0.05) is 13.1 Å². The molecule has 0 unspecified atom stereocenters. The third kappa shape index (κ3) is 4.72. The molecule has 1 N–H and O–H groups in total. The summed E-state index contributed by atoms with van der Waals surface area (Å²) in [5.41, 5.74) is 1.23. The number of halogens is 2. The standard InChI is InChI=1S/C15H22Br2N2O/c1-18-11-12-9-13(16)15(14(17)10-12)20-8-7-19-5-3-2-4-6-19/h9-10,18H,2-8,11H2,1H3. The summed E-state index contributed by atoms with van der Waals surface area (Å²) in [4.78, 5) is 2.49. The van der Waals surface area contributed by atoms with Gasteiger partial charge < -0.3 is 10.1 Å². The summed E-state index contributed by atoms with van der Waals surface area (Å²) in [6.07, 6.45) is 4.03. The summed E-state index contributed by atoms with van der Waals surface area (Å²) < 4.78 is 7.97. The van der Waals surface area contributed by atoms with Crippen LogP contribution in [0, 0.1) is 0 Å². The summed E-state index contributed by atoms with van der Waals surface area (Å²) in [5, 5.41) is 3.15. The zero-order valence-corrected chi connectivity index (χ0v) is 15.1. The predicted octanol–water partition coefficient (Wildman–Crippen LogP) is 3.80. The average Bonchev–Trinajstić information content (AvgIpc) is 2.43. The summed E-state index contributed by atoms with van der Waals surface area (Å²) in [6.45, 7) is 5.03. The van der Waals surface area contributed by atoms with Crippen molar-refractivity contribution in [2.24, 2.45) is 0 Å². The highest BCUT2D eigenvalue weighted by atomic mass is 79.9. The molecule has 0 spiro atoms. The number of hydrogen-bond acceptors (Lipinski definition) is 3. The second-order valence-electron chi connectivity index (χ2n) is 5.17. The first-order valence-electron chi connectivity index (χ1n) is 7.18. The van der Waals surface area contributed by atoms with E-state index in [0.29, 0.717) is 0 Å². The number of nitrogens with zero attached hydrogens (tertiary/aromatic N) is 1. The normalized spacial score (nSPS) is 16.4. The minimum atomic E-state index is 0.739. The van der Waals surface area contributed by atoms with Gasteiger partial charge in [-0.15, -0.1) is 0 Å². The maximum atomic E-state index is 5.95. The van der Waals surface area contributed by atoms with Crippen molar-refractivity contribution in [2.75, 3.05) is 33.3 Å². The van der Waals surface area contributed by atoms with Gasteiger partial charge in [0.15, 0.2) is 0 Å². The molecule has 1 heterocycles. The number of ether oxygens (including phenoxy) is 1. The molecule has 0 saturated carbocycles. The van der Waals surface area contributed by atoms with Gasteiger partial charge in [-0.1, -0.05) is 6.42 Å². The lowest BCUT2D eigenvalue weighted by molar-refractivity contribution is 0.182. The van der Waals surface area contributed by atoms with Crippen LogP contribution in [0.2, 0.25) is 0 Å². The highest BCUT2D eigenvalue weighted by Gasteiger charge is 2.12. The SMILES string of the molecule is CNCc1cc(Br)c(OCCN2CCCCC2)c(Br)c1. The molecule has 3 nitrogen and oxygen atoms in total. The Morgan fingerprint density at radius 3 is 2.40 bits per heavy atom. The quantitative estimate of drug-likeness (QED) is 0.778. The fraction of sp³-hybridized carbons (Fsp3) is 0.600. The van der Waals surface area contributed by atoms with E-state index in [1.54, 1.807) is 0 Å². The van der Waals surface area contributed by atoms with E-state index < -0.39 is 0 Å². The van der Waals surface area contributed by atoms with Crippen LogP contribution in [-0.2, 0) is 6.54 Å². The minimum absolute atomic E-state index is 0.739. The first kappa shape index (κ1) is 16.3. The third-order valence-corrected chi connectivity index (χ3v) is 4.72. The van der Waals surface area contributed by atoms with Gasteiger partial charge in [0.1, 0.15) is 12.4 Å². The zero-order valence-electron chi connectivity index (χ0n) is 11.9. The molecule has 0 bridgehead atoms. The van der Waals surface area contributed by atoms with E-state index in [-0.39, 0.29) is 0 Å². The highest BCUT2D eigenvalue weighted by Crippen LogP contribution is 2.34. The van der Waals surface area contributed by atoms with Gasteiger partial charge in [-0.3, -0.25) is 4.90 Å². The van der Waals surface area contributed by atoms with Gasteiger partial charge in [-0.05, 0) is 82.5 Å². The molecule has 1 saturated heterocycles. The molecule has 20 heavy (non-hydrogen) atoms. The monoisotopic (exact) mass is 404 g/mol. The van der Waals surface area contributed by atoms with E-state index in [4.69, 9.17) is 4.74 Å². The van der Waals surface area contributed by atoms with E-state index in [1.165, 1.54) is 37.9 Å². The fourth-order valence-corrected chi connectivity index (χ4v) is 4.03. The van der Waals surface area contributed by atoms with Gasteiger partial charge in [0.2, 0.25) is 0 Å². The lowest BCUT2D eigenvalue weighted by atomic mass is 10.1. The molecule has 1 aliphatic heterocycles. The molecule has 0 radical (unpaired) electrons. The van der Waals surface area contributed by atoms with E-state index in [1.807, 2.05) is 7.05 Å². The van der Waals surface area contributed by atoms with Crippen molar-refractivity contribution in [3.8, 4) is 5.75 Å². The summed E-state index contributed by atoms with van der Waals surface area (Å²) in [5.74, 6) is 0.905. The first-order chi connectivity index (χ1) is 9.70. The van der Waals surface area contributed by atoms with Crippen molar-refractivity contribution >= 4 is 31.9 Å². The van der Waals surface area contributed by atoms with Crippen LogP contribution in [0.3, 0.4) is 0 Å².